The lowest BCUT2D eigenvalue weighted by molar-refractivity contribution is -0.127. The summed E-state index contributed by atoms with van der Waals surface area (Å²) in [6, 6.07) is 9.40. The molecule has 0 spiro atoms. The van der Waals surface area contributed by atoms with Crippen molar-refractivity contribution in [1.29, 1.82) is 10.5 Å². The maximum atomic E-state index is 12.5. The Kier molecular flexibility index (Phi) is 11.6. The molecule has 0 saturated carbocycles. The van der Waals surface area contributed by atoms with E-state index in [-0.39, 0.29) is 38.9 Å². The van der Waals surface area contributed by atoms with Crippen LogP contribution in [0.25, 0.3) is 0 Å². The number of nitrogens with two attached hydrogens (primary N) is 1. The summed E-state index contributed by atoms with van der Waals surface area (Å²) in [4.78, 5) is 24.6. The summed E-state index contributed by atoms with van der Waals surface area (Å²) in [6.07, 6.45) is 0.169. The lowest BCUT2D eigenvalue weighted by Gasteiger charge is -2.23. The molecule has 0 saturated heterocycles. The highest BCUT2D eigenvalue weighted by Gasteiger charge is 2.25. The van der Waals surface area contributed by atoms with E-state index in [0.717, 1.165) is 0 Å². The van der Waals surface area contributed by atoms with Gasteiger partial charge >= 0.3 is 0 Å². The first kappa shape index (κ1) is 24.0. The van der Waals surface area contributed by atoms with E-state index < -0.39 is 17.9 Å². The summed E-state index contributed by atoms with van der Waals surface area (Å²) in [5, 5.41) is 20.3. The number of hydrogen-bond acceptors (Lipinski definition) is 8. The third kappa shape index (κ3) is 9.14. The first-order chi connectivity index (χ1) is 14.0. The molecule has 0 fully saturated rings. The van der Waals surface area contributed by atoms with Gasteiger partial charge in [0.25, 0.3) is 5.91 Å². The van der Waals surface area contributed by atoms with Crippen LogP contribution >= 0.6 is 0 Å². The first-order valence-electron chi connectivity index (χ1n) is 8.97. The summed E-state index contributed by atoms with van der Waals surface area (Å²) >= 11 is 0. The Balaban J connectivity index is 2.83. The zero-order valence-corrected chi connectivity index (χ0v) is 16.2. The number of hydrogen-bond donors (Lipinski definition) is 3. The van der Waals surface area contributed by atoms with Crippen molar-refractivity contribution in [2.24, 2.45) is 11.8 Å². The number of carbonyl (C=O) groups is 2. The van der Waals surface area contributed by atoms with Gasteiger partial charge in [0.05, 0.1) is 42.9 Å². The lowest BCUT2D eigenvalue weighted by Crippen LogP contribution is -2.45. The second-order valence-corrected chi connectivity index (χ2v) is 5.96. The summed E-state index contributed by atoms with van der Waals surface area (Å²) in [5.41, 5.74) is 2.86. The van der Waals surface area contributed by atoms with Crippen LogP contribution in [0.4, 0.5) is 0 Å². The summed E-state index contributed by atoms with van der Waals surface area (Å²) in [6.45, 7) is 2.22. The maximum absolute atomic E-state index is 12.5. The largest absolute Gasteiger partial charge is 0.366 e. The number of benzene rings is 1. The predicted octanol–water partition coefficient (Wildman–Crippen LogP) is 0.204. The molecule has 0 radical (unpaired) electrons. The molecule has 0 aliphatic rings. The Bertz CT molecular complexity index is 726. The molecule has 1 aromatic carbocycles. The molecule has 4 N–H and O–H groups in total. The van der Waals surface area contributed by atoms with Crippen LogP contribution in [0.5, 0.6) is 0 Å². The van der Waals surface area contributed by atoms with Crippen LogP contribution in [0.15, 0.2) is 24.3 Å². The number of nitrogens with zero attached hydrogens (tertiary/aromatic N) is 2. The molecule has 1 rings (SSSR count). The molecule has 2 unspecified atom stereocenters. The van der Waals surface area contributed by atoms with Crippen molar-refractivity contribution in [2.45, 2.75) is 19.4 Å². The third-order valence-electron chi connectivity index (χ3n) is 3.87. The van der Waals surface area contributed by atoms with Crippen molar-refractivity contribution in [1.82, 2.24) is 10.7 Å². The van der Waals surface area contributed by atoms with Gasteiger partial charge in [-0.05, 0) is 37.6 Å². The average molecular weight is 403 g/mol. The van der Waals surface area contributed by atoms with Crippen molar-refractivity contribution in [3.63, 3.8) is 0 Å². The predicted molar refractivity (Wildman–Crippen MR) is 102 cm³/mol. The van der Waals surface area contributed by atoms with Gasteiger partial charge in [0, 0.05) is 12.2 Å². The van der Waals surface area contributed by atoms with Crippen LogP contribution in [-0.4, -0.2) is 51.1 Å². The van der Waals surface area contributed by atoms with E-state index >= 15 is 0 Å². The molecule has 0 aromatic heterocycles. The van der Waals surface area contributed by atoms with E-state index in [9.17, 15) is 9.59 Å². The minimum Gasteiger partial charge on any atom is -0.366 e. The number of nitrogens with one attached hydrogen (secondary N) is 2. The molecule has 2 atom stereocenters. The van der Waals surface area contributed by atoms with Gasteiger partial charge in [-0.15, -0.1) is 0 Å². The summed E-state index contributed by atoms with van der Waals surface area (Å²) < 4.78 is 15.7. The molecule has 10 heteroatoms. The molecule has 2 amide bonds. The van der Waals surface area contributed by atoms with Crippen molar-refractivity contribution in [3.05, 3.63) is 35.4 Å². The van der Waals surface area contributed by atoms with Crippen LogP contribution in [0.1, 0.15) is 29.3 Å². The molecule has 156 valence electrons. The Labute approximate surface area is 169 Å². The fourth-order valence-corrected chi connectivity index (χ4v) is 2.43. The fraction of sp³-hybridized carbons (Fsp3) is 0.474. The minimum absolute atomic E-state index is 0.0364. The van der Waals surface area contributed by atoms with Gasteiger partial charge in [0.1, 0.15) is 13.4 Å². The molecular formula is C19H25N5O5. The van der Waals surface area contributed by atoms with E-state index in [2.05, 4.69) is 10.7 Å². The quantitative estimate of drug-likeness (QED) is 0.138. The molecular weight excluding hydrogens is 378 g/mol. The van der Waals surface area contributed by atoms with Gasteiger partial charge in [0.15, 0.2) is 0 Å². The SMILES string of the molecule is CCOCOCC(CC(COCC#N)C(=O)NN)NC(=O)c1ccc(C#N)cc1. The molecule has 10 nitrogen and oxygen atoms in total. The average Bonchev–Trinajstić information content (AvgIpc) is 2.75. The standard InChI is InChI=1S/C19H25N5O5/c1-2-27-13-29-12-17(9-16(19(26)24-22)11-28-8-7-20)23-18(25)15-5-3-14(10-21)4-6-15/h3-6,16-17H,2,8-9,11-13,22H2,1H3,(H,23,25)(H,24,26). The van der Waals surface area contributed by atoms with Gasteiger partial charge in [-0.2, -0.15) is 10.5 Å². The molecule has 1 aromatic rings. The van der Waals surface area contributed by atoms with Crippen LogP contribution in [0.3, 0.4) is 0 Å². The van der Waals surface area contributed by atoms with Crippen molar-refractivity contribution >= 4 is 11.8 Å². The van der Waals surface area contributed by atoms with E-state index in [1.165, 1.54) is 24.3 Å². The van der Waals surface area contributed by atoms with Crippen molar-refractivity contribution < 1.29 is 23.8 Å². The molecule has 29 heavy (non-hydrogen) atoms. The number of hydrazine groups is 1. The number of ether oxygens (including phenoxy) is 3. The third-order valence-corrected chi connectivity index (χ3v) is 3.87. The molecule has 0 bridgehead atoms. The first-order valence-corrected chi connectivity index (χ1v) is 8.97. The number of rotatable bonds is 13. The minimum atomic E-state index is -0.699. The maximum Gasteiger partial charge on any atom is 0.251 e. The number of nitriles is 2. The highest BCUT2D eigenvalue weighted by Crippen LogP contribution is 2.11. The van der Waals surface area contributed by atoms with Gasteiger partial charge in [-0.1, -0.05) is 0 Å². The van der Waals surface area contributed by atoms with E-state index in [1.54, 1.807) is 0 Å². The molecule has 0 aliphatic carbocycles. The highest BCUT2D eigenvalue weighted by atomic mass is 16.7. The van der Waals surface area contributed by atoms with Crippen LogP contribution < -0.4 is 16.6 Å². The second kappa shape index (κ2) is 14.0. The van der Waals surface area contributed by atoms with E-state index in [4.69, 9.17) is 30.6 Å². The smallest absolute Gasteiger partial charge is 0.251 e. The second-order valence-electron chi connectivity index (χ2n) is 5.96. The normalized spacial score (nSPS) is 12.3. The fourth-order valence-electron chi connectivity index (χ4n) is 2.43. The monoisotopic (exact) mass is 403 g/mol. The van der Waals surface area contributed by atoms with Crippen LogP contribution in [-0.2, 0) is 19.0 Å². The summed E-state index contributed by atoms with van der Waals surface area (Å²) in [7, 11) is 0. The van der Waals surface area contributed by atoms with Gasteiger partial charge in [-0.3, -0.25) is 15.0 Å². The van der Waals surface area contributed by atoms with Crippen LogP contribution in [0.2, 0.25) is 0 Å². The lowest BCUT2D eigenvalue weighted by atomic mass is 9.99. The number of amides is 2. The Morgan fingerprint density at radius 3 is 2.45 bits per heavy atom. The Morgan fingerprint density at radius 1 is 1.14 bits per heavy atom. The number of carbonyl (C=O) groups excluding carboxylic acids is 2. The summed E-state index contributed by atoms with van der Waals surface area (Å²) in [5.74, 6) is 3.66. The van der Waals surface area contributed by atoms with E-state index in [1.807, 2.05) is 19.1 Å². The van der Waals surface area contributed by atoms with Gasteiger partial charge in [-0.25, -0.2) is 5.84 Å². The van der Waals surface area contributed by atoms with Crippen molar-refractivity contribution in [3.8, 4) is 12.1 Å². The van der Waals surface area contributed by atoms with Crippen LogP contribution in [0, 0.1) is 28.6 Å². The molecule has 0 heterocycles. The topological polar surface area (TPSA) is 159 Å². The van der Waals surface area contributed by atoms with Gasteiger partial charge in [0.2, 0.25) is 5.91 Å². The van der Waals surface area contributed by atoms with E-state index in [0.29, 0.717) is 17.7 Å². The zero-order valence-electron chi connectivity index (χ0n) is 16.2. The molecule has 0 aliphatic heterocycles. The Hall–Kier alpha value is -3.02. The Morgan fingerprint density at radius 2 is 1.86 bits per heavy atom. The van der Waals surface area contributed by atoms with Crippen molar-refractivity contribution in [2.75, 3.05) is 33.2 Å². The zero-order chi connectivity index (χ0) is 21.5. The highest BCUT2D eigenvalue weighted by molar-refractivity contribution is 5.94. The van der Waals surface area contributed by atoms with Gasteiger partial charge < -0.3 is 19.5 Å².